The van der Waals surface area contributed by atoms with Gasteiger partial charge in [0, 0.05) is 23.3 Å². The molecule has 2 aromatic heterocycles. The van der Waals surface area contributed by atoms with Gasteiger partial charge in [-0.2, -0.15) is 0 Å². The molecule has 3 nitrogen and oxygen atoms in total. The van der Waals surface area contributed by atoms with Gasteiger partial charge in [-0.15, -0.1) is 0 Å². The predicted octanol–water partition coefficient (Wildman–Crippen LogP) is 3.86. The lowest BCUT2D eigenvalue weighted by molar-refractivity contribution is 0.408. The molecule has 0 spiro atoms. The first kappa shape index (κ1) is 11.8. The van der Waals surface area contributed by atoms with Gasteiger partial charge in [-0.3, -0.25) is 0 Å². The van der Waals surface area contributed by atoms with Crippen molar-refractivity contribution in [1.82, 2.24) is 9.97 Å². The van der Waals surface area contributed by atoms with Gasteiger partial charge in [-0.05, 0) is 54.8 Å². The second kappa shape index (κ2) is 4.43. The second-order valence-electron chi connectivity index (χ2n) is 4.75. The van der Waals surface area contributed by atoms with Crippen molar-refractivity contribution < 1.29 is 4.74 Å². The number of fused-ring (bicyclic) bond motifs is 1. The third kappa shape index (κ3) is 1.87. The molecule has 3 rings (SSSR count). The monoisotopic (exact) mass is 252 g/mol. The molecular formula is C16H16N2O. The molecule has 0 aliphatic heterocycles. The lowest BCUT2D eigenvalue weighted by Crippen LogP contribution is -1.91. The summed E-state index contributed by atoms with van der Waals surface area (Å²) in [6, 6.07) is 8.36. The molecule has 0 aliphatic rings. The highest BCUT2D eigenvalue weighted by Crippen LogP contribution is 2.33. The van der Waals surface area contributed by atoms with Gasteiger partial charge >= 0.3 is 0 Å². The van der Waals surface area contributed by atoms with E-state index in [2.05, 4.69) is 42.0 Å². The summed E-state index contributed by atoms with van der Waals surface area (Å²) in [7, 11) is 1.71. The van der Waals surface area contributed by atoms with E-state index in [1.165, 1.54) is 11.1 Å². The number of benzene rings is 1. The summed E-state index contributed by atoms with van der Waals surface area (Å²) in [4.78, 5) is 7.54. The van der Waals surface area contributed by atoms with Crippen LogP contribution < -0.4 is 4.74 Å². The Morgan fingerprint density at radius 1 is 1.16 bits per heavy atom. The van der Waals surface area contributed by atoms with Gasteiger partial charge in [0.2, 0.25) is 0 Å². The first-order valence-electron chi connectivity index (χ1n) is 6.28. The van der Waals surface area contributed by atoms with E-state index in [1.807, 2.05) is 12.3 Å². The lowest BCUT2D eigenvalue weighted by Gasteiger charge is -2.11. The maximum absolute atomic E-state index is 5.42. The minimum atomic E-state index is 0.920. The molecule has 0 unspecified atom stereocenters. The number of methoxy groups -OCH3 is 1. The number of pyridine rings is 1. The zero-order valence-electron chi connectivity index (χ0n) is 11.3. The molecule has 0 amide bonds. The molecule has 3 aromatic rings. The Hall–Kier alpha value is -2.29. The summed E-state index contributed by atoms with van der Waals surface area (Å²) in [5.74, 6) is 0.960. The minimum absolute atomic E-state index is 0.920. The van der Waals surface area contributed by atoms with Crippen LogP contribution in [0.25, 0.3) is 22.2 Å². The van der Waals surface area contributed by atoms with Gasteiger partial charge in [-0.1, -0.05) is 0 Å². The SMILES string of the molecule is COc1c(C)cc(-c2c[nH]c3ncccc23)cc1C. The summed E-state index contributed by atoms with van der Waals surface area (Å²) < 4.78 is 5.42. The third-order valence-electron chi connectivity index (χ3n) is 3.43. The first-order chi connectivity index (χ1) is 9.20. The van der Waals surface area contributed by atoms with Crippen molar-refractivity contribution in [2.24, 2.45) is 0 Å². The van der Waals surface area contributed by atoms with Crippen LogP contribution in [0.15, 0.2) is 36.7 Å². The molecule has 1 aromatic carbocycles. The van der Waals surface area contributed by atoms with Crippen molar-refractivity contribution in [2.75, 3.05) is 7.11 Å². The van der Waals surface area contributed by atoms with Crippen LogP contribution in [0.4, 0.5) is 0 Å². The van der Waals surface area contributed by atoms with Crippen LogP contribution in [0.2, 0.25) is 0 Å². The van der Waals surface area contributed by atoms with Crippen LogP contribution >= 0.6 is 0 Å². The Morgan fingerprint density at radius 3 is 2.58 bits per heavy atom. The fourth-order valence-corrected chi connectivity index (χ4v) is 2.62. The Labute approximate surface area is 112 Å². The van der Waals surface area contributed by atoms with Crippen LogP contribution in [-0.4, -0.2) is 17.1 Å². The molecule has 2 heterocycles. The van der Waals surface area contributed by atoms with Crippen LogP contribution in [0.5, 0.6) is 5.75 Å². The highest BCUT2D eigenvalue weighted by molar-refractivity contribution is 5.93. The summed E-state index contributed by atoms with van der Waals surface area (Å²) in [5.41, 5.74) is 5.59. The molecule has 0 radical (unpaired) electrons. The zero-order chi connectivity index (χ0) is 13.4. The van der Waals surface area contributed by atoms with Crippen LogP contribution in [0.1, 0.15) is 11.1 Å². The number of aromatic nitrogens is 2. The van der Waals surface area contributed by atoms with Crippen molar-refractivity contribution in [3.8, 4) is 16.9 Å². The normalized spacial score (nSPS) is 10.9. The topological polar surface area (TPSA) is 37.9 Å². The van der Waals surface area contributed by atoms with Crippen molar-refractivity contribution in [2.45, 2.75) is 13.8 Å². The number of hydrogen-bond acceptors (Lipinski definition) is 2. The van der Waals surface area contributed by atoms with E-state index in [0.29, 0.717) is 0 Å². The largest absolute Gasteiger partial charge is 0.496 e. The number of aromatic amines is 1. The lowest BCUT2D eigenvalue weighted by atomic mass is 10.00. The summed E-state index contributed by atoms with van der Waals surface area (Å²) >= 11 is 0. The molecule has 0 fully saturated rings. The quantitative estimate of drug-likeness (QED) is 0.752. The van der Waals surface area contributed by atoms with Crippen molar-refractivity contribution >= 4 is 11.0 Å². The molecule has 1 N–H and O–H groups in total. The average molecular weight is 252 g/mol. The van der Waals surface area contributed by atoms with Gasteiger partial charge in [0.15, 0.2) is 0 Å². The summed E-state index contributed by atoms with van der Waals surface area (Å²) in [6.45, 7) is 4.14. The second-order valence-corrected chi connectivity index (χ2v) is 4.75. The van der Waals surface area contributed by atoms with Gasteiger partial charge < -0.3 is 9.72 Å². The predicted molar refractivity (Wildman–Crippen MR) is 77.6 cm³/mol. The Balaban J connectivity index is 2.22. The smallest absolute Gasteiger partial charge is 0.137 e. The highest BCUT2D eigenvalue weighted by Gasteiger charge is 2.10. The standard InChI is InChI=1S/C16H16N2O/c1-10-7-12(8-11(2)15(10)19-3)14-9-18-16-13(14)5-4-6-17-16/h4-9H,1-3H3,(H,17,18). The molecule has 0 saturated heterocycles. The van der Waals surface area contributed by atoms with Crippen LogP contribution in [-0.2, 0) is 0 Å². The highest BCUT2D eigenvalue weighted by atomic mass is 16.5. The number of nitrogens with zero attached hydrogens (tertiary/aromatic N) is 1. The number of aryl methyl sites for hydroxylation is 2. The van der Waals surface area contributed by atoms with E-state index in [9.17, 15) is 0 Å². The number of hydrogen-bond donors (Lipinski definition) is 1. The van der Waals surface area contributed by atoms with E-state index in [0.717, 1.165) is 27.9 Å². The molecule has 96 valence electrons. The van der Waals surface area contributed by atoms with Gasteiger partial charge in [0.1, 0.15) is 11.4 Å². The van der Waals surface area contributed by atoms with Gasteiger partial charge in [0.25, 0.3) is 0 Å². The van der Waals surface area contributed by atoms with Crippen molar-refractivity contribution in [1.29, 1.82) is 0 Å². The molecular weight excluding hydrogens is 236 g/mol. The van der Waals surface area contributed by atoms with Crippen molar-refractivity contribution in [3.05, 3.63) is 47.8 Å². The van der Waals surface area contributed by atoms with Crippen LogP contribution in [0, 0.1) is 13.8 Å². The molecule has 3 heteroatoms. The molecule has 0 bridgehead atoms. The number of nitrogens with one attached hydrogen (secondary N) is 1. The Morgan fingerprint density at radius 2 is 1.89 bits per heavy atom. The van der Waals surface area contributed by atoms with Gasteiger partial charge in [0.05, 0.1) is 7.11 Å². The van der Waals surface area contributed by atoms with E-state index in [1.54, 1.807) is 13.3 Å². The Kier molecular flexibility index (Phi) is 2.75. The number of rotatable bonds is 2. The average Bonchev–Trinajstić information content (AvgIpc) is 2.82. The number of ether oxygens (including phenoxy) is 1. The maximum atomic E-state index is 5.42. The Bertz CT molecular complexity index is 720. The zero-order valence-corrected chi connectivity index (χ0v) is 11.3. The summed E-state index contributed by atoms with van der Waals surface area (Å²) in [5, 5.41) is 1.14. The van der Waals surface area contributed by atoms with E-state index in [-0.39, 0.29) is 0 Å². The molecule has 0 aliphatic carbocycles. The fourth-order valence-electron chi connectivity index (χ4n) is 2.62. The molecule has 0 atom stereocenters. The molecule has 0 saturated carbocycles. The van der Waals surface area contributed by atoms with Crippen molar-refractivity contribution in [3.63, 3.8) is 0 Å². The van der Waals surface area contributed by atoms with Crippen LogP contribution in [0.3, 0.4) is 0 Å². The van der Waals surface area contributed by atoms with E-state index < -0.39 is 0 Å². The van der Waals surface area contributed by atoms with Gasteiger partial charge in [-0.25, -0.2) is 4.98 Å². The van der Waals surface area contributed by atoms with E-state index >= 15 is 0 Å². The summed E-state index contributed by atoms with van der Waals surface area (Å²) in [6.07, 6.45) is 3.81. The fraction of sp³-hybridized carbons (Fsp3) is 0.188. The molecule has 19 heavy (non-hydrogen) atoms. The van der Waals surface area contributed by atoms with E-state index in [4.69, 9.17) is 4.74 Å². The minimum Gasteiger partial charge on any atom is -0.496 e. The first-order valence-corrected chi connectivity index (χ1v) is 6.28. The maximum Gasteiger partial charge on any atom is 0.137 e. The third-order valence-corrected chi connectivity index (χ3v) is 3.43. The number of H-pyrrole nitrogens is 1.